The topological polar surface area (TPSA) is 82.6 Å². The van der Waals surface area contributed by atoms with Gasteiger partial charge in [-0.05, 0) is 42.8 Å². The van der Waals surface area contributed by atoms with Gasteiger partial charge >= 0.3 is 6.03 Å². The van der Waals surface area contributed by atoms with Gasteiger partial charge in [0.2, 0.25) is 0 Å². The molecule has 3 N–H and O–H groups in total. The van der Waals surface area contributed by atoms with Crippen molar-refractivity contribution in [2.45, 2.75) is 13.3 Å². The zero-order valence-electron chi connectivity index (χ0n) is 14.1. The van der Waals surface area contributed by atoms with Crippen LogP contribution in [0, 0.1) is 0 Å². The number of hydrazone groups is 1. The Kier molecular flexibility index (Phi) is 7.44. The van der Waals surface area contributed by atoms with Crippen LogP contribution in [0.4, 0.5) is 10.5 Å². The molecule has 6 nitrogen and oxygen atoms in total. The van der Waals surface area contributed by atoms with Gasteiger partial charge in [0.25, 0.3) is 5.91 Å². The highest BCUT2D eigenvalue weighted by molar-refractivity contribution is 6.36. The molecule has 0 spiro atoms. The van der Waals surface area contributed by atoms with Gasteiger partial charge in [0.1, 0.15) is 0 Å². The Balaban J connectivity index is 1.91. The lowest BCUT2D eigenvalue weighted by molar-refractivity contribution is 0.0955. The van der Waals surface area contributed by atoms with Crippen LogP contribution in [0.2, 0.25) is 10.0 Å². The minimum Gasteiger partial charge on any atom is -0.338 e. The van der Waals surface area contributed by atoms with Crippen LogP contribution in [0.25, 0.3) is 0 Å². The van der Waals surface area contributed by atoms with Crippen LogP contribution in [-0.4, -0.2) is 24.7 Å². The fourth-order valence-electron chi connectivity index (χ4n) is 1.95. The molecule has 0 unspecified atom stereocenters. The molecule has 0 bridgehead atoms. The van der Waals surface area contributed by atoms with Crippen molar-refractivity contribution in [3.63, 3.8) is 0 Å². The van der Waals surface area contributed by atoms with E-state index in [4.69, 9.17) is 23.2 Å². The Hall–Kier alpha value is -2.57. The largest absolute Gasteiger partial charge is 0.338 e. The molecule has 8 heteroatoms. The highest BCUT2D eigenvalue weighted by atomic mass is 35.5. The van der Waals surface area contributed by atoms with Crippen molar-refractivity contribution in [1.29, 1.82) is 0 Å². The van der Waals surface area contributed by atoms with Crippen LogP contribution in [0.1, 0.15) is 29.3 Å². The Bertz CT molecular complexity index is 807. The van der Waals surface area contributed by atoms with Crippen molar-refractivity contribution in [3.8, 4) is 0 Å². The second-order valence-electron chi connectivity index (χ2n) is 5.32. The van der Waals surface area contributed by atoms with Gasteiger partial charge in [-0.2, -0.15) is 5.10 Å². The molecular formula is C18H18Cl2N4O2. The SMILES string of the molecule is CCCNC(=O)Nc1ccc(C(=O)N/N=C\c2ccc(Cl)cc2Cl)cc1. The standard InChI is InChI=1S/C18H18Cl2N4O2/c1-2-9-21-18(26)23-15-7-4-12(5-8-15)17(25)24-22-11-13-3-6-14(19)10-16(13)20/h3-8,10-11H,2,9H2,1H3,(H,24,25)(H2,21,23,26)/b22-11-. The number of benzene rings is 2. The molecule has 3 amide bonds. The zero-order valence-corrected chi connectivity index (χ0v) is 15.6. The second-order valence-corrected chi connectivity index (χ2v) is 6.17. The Labute approximate surface area is 161 Å². The molecule has 2 rings (SSSR count). The van der Waals surface area contributed by atoms with Crippen molar-refractivity contribution in [3.05, 3.63) is 63.6 Å². The first-order valence-electron chi connectivity index (χ1n) is 7.93. The predicted octanol–water partition coefficient (Wildman–Crippen LogP) is 4.29. The molecule has 2 aromatic carbocycles. The lowest BCUT2D eigenvalue weighted by Crippen LogP contribution is -2.29. The van der Waals surface area contributed by atoms with Gasteiger partial charge in [-0.15, -0.1) is 0 Å². The molecule has 0 radical (unpaired) electrons. The number of nitrogens with one attached hydrogen (secondary N) is 3. The van der Waals surface area contributed by atoms with E-state index in [-0.39, 0.29) is 11.9 Å². The second kappa shape index (κ2) is 9.79. The molecule has 0 saturated heterocycles. The number of carbonyl (C=O) groups is 2. The van der Waals surface area contributed by atoms with Crippen LogP contribution >= 0.6 is 23.2 Å². The molecule has 136 valence electrons. The van der Waals surface area contributed by atoms with E-state index >= 15 is 0 Å². The zero-order chi connectivity index (χ0) is 18.9. The summed E-state index contributed by atoms with van der Waals surface area (Å²) in [4.78, 5) is 23.6. The summed E-state index contributed by atoms with van der Waals surface area (Å²) in [5, 5.41) is 10.2. The maximum atomic E-state index is 12.1. The van der Waals surface area contributed by atoms with Gasteiger partial charge in [0.15, 0.2) is 0 Å². The van der Waals surface area contributed by atoms with Crippen molar-refractivity contribution in [2.75, 3.05) is 11.9 Å². The van der Waals surface area contributed by atoms with Crippen LogP contribution < -0.4 is 16.1 Å². The Morgan fingerprint density at radius 2 is 1.85 bits per heavy atom. The van der Waals surface area contributed by atoms with E-state index in [1.165, 1.54) is 6.21 Å². The number of urea groups is 1. The minimum atomic E-state index is -0.381. The van der Waals surface area contributed by atoms with E-state index in [0.29, 0.717) is 33.4 Å². The maximum Gasteiger partial charge on any atom is 0.319 e. The summed E-state index contributed by atoms with van der Waals surface area (Å²) in [6.07, 6.45) is 2.29. The quantitative estimate of drug-likeness (QED) is 0.506. The number of rotatable bonds is 6. The third kappa shape index (κ3) is 6.06. The first-order valence-corrected chi connectivity index (χ1v) is 8.68. The summed E-state index contributed by atoms with van der Waals surface area (Å²) in [7, 11) is 0. The van der Waals surface area contributed by atoms with E-state index in [9.17, 15) is 9.59 Å². The van der Waals surface area contributed by atoms with E-state index in [2.05, 4.69) is 21.2 Å². The summed E-state index contributed by atoms with van der Waals surface area (Å²) in [5.74, 6) is -0.381. The van der Waals surface area contributed by atoms with E-state index in [1.807, 2.05) is 6.92 Å². The van der Waals surface area contributed by atoms with Crippen molar-refractivity contribution < 1.29 is 9.59 Å². The molecule has 0 aliphatic rings. The number of halogens is 2. The number of hydrogen-bond acceptors (Lipinski definition) is 3. The third-order valence-corrected chi connectivity index (χ3v) is 3.84. The van der Waals surface area contributed by atoms with Crippen LogP contribution in [0.5, 0.6) is 0 Å². The third-order valence-electron chi connectivity index (χ3n) is 3.27. The fraction of sp³-hybridized carbons (Fsp3) is 0.167. The lowest BCUT2D eigenvalue weighted by Gasteiger charge is -2.07. The van der Waals surface area contributed by atoms with Gasteiger partial charge in [-0.3, -0.25) is 4.79 Å². The van der Waals surface area contributed by atoms with Crippen LogP contribution in [-0.2, 0) is 0 Å². The molecule has 0 saturated carbocycles. The Morgan fingerprint density at radius 3 is 2.50 bits per heavy atom. The monoisotopic (exact) mass is 392 g/mol. The molecule has 0 heterocycles. The highest BCUT2D eigenvalue weighted by Gasteiger charge is 2.06. The number of amides is 3. The van der Waals surface area contributed by atoms with Gasteiger partial charge in [-0.1, -0.05) is 36.2 Å². The van der Waals surface area contributed by atoms with Crippen molar-refractivity contribution in [2.24, 2.45) is 5.10 Å². The smallest absolute Gasteiger partial charge is 0.319 e. The van der Waals surface area contributed by atoms with E-state index < -0.39 is 0 Å². The summed E-state index contributed by atoms with van der Waals surface area (Å²) < 4.78 is 0. The summed E-state index contributed by atoms with van der Waals surface area (Å²) in [5.41, 5.74) is 4.05. The molecule has 0 atom stereocenters. The highest BCUT2D eigenvalue weighted by Crippen LogP contribution is 2.19. The molecule has 0 aliphatic carbocycles. The maximum absolute atomic E-state index is 12.1. The molecule has 0 aromatic heterocycles. The van der Waals surface area contributed by atoms with Gasteiger partial charge in [0, 0.05) is 28.4 Å². The predicted molar refractivity (Wildman–Crippen MR) is 105 cm³/mol. The average Bonchev–Trinajstić information content (AvgIpc) is 2.62. The number of nitrogens with zero attached hydrogens (tertiary/aromatic N) is 1. The summed E-state index contributed by atoms with van der Waals surface area (Å²) in [6, 6.07) is 11.2. The molecular weight excluding hydrogens is 375 g/mol. The first-order chi connectivity index (χ1) is 12.5. The van der Waals surface area contributed by atoms with E-state index in [1.54, 1.807) is 42.5 Å². The van der Waals surface area contributed by atoms with Gasteiger partial charge in [0.05, 0.1) is 11.2 Å². The Morgan fingerprint density at radius 1 is 1.12 bits per heavy atom. The number of anilines is 1. The number of carbonyl (C=O) groups excluding carboxylic acids is 2. The molecule has 2 aromatic rings. The molecule has 0 aliphatic heterocycles. The normalized spacial score (nSPS) is 10.6. The van der Waals surface area contributed by atoms with Crippen molar-refractivity contribution in [1.82, 2.24) is 10.7 Å². The minimum absolute atomic E-state index is 0.284. The van der Waals surface area contributed by atoms with Crippen LogP contribution in [0.15, 0.2) is 47.6 Å². The summed E-state index contributed by atoms with van der Waals surface area (Å²) >= 11 is 11.8. The van der Waals surface area contributed by atoms with Crippen LogP contribution in [0.3, 0.4) is 0 Å². The molecule has 0 fully saturated rings. The lowest BCUT2D eigenvalue weighted by atomic mass is 10.2. The van der Waals surface area contributed by atoms with Gasteiger partial charge in [-0.25, -0.2) is 10.2 Å². The van der Waals surface area contributed by atoms with Gasteiger partial charge < -0.3 is 10.6 Å². The number of hydrogen-bond donors (Lipinski definition) is 3. The average molecular weight is 393 g/mol. The van der Waals surface area contributed by atoms with Crippen molar-refractivity contribution >= 4 is 47.0 Å². The van der Waals surface area contributed by atoms with E-state index in [0.717, 1.165) is 6.42 Å². The summed E-state index contributed by atoms with van der Waals surface area (Å²) in [6.45, 7) is 2.57. The fourth-order valence-corrected chi connectivity index (χ4v) is 2.41. The first kappa shape index (κ1) is 19.8. The molecule has 26 heavy (non-hydrogen) atoms.